The van der Waals surface area contributed by atoms with Crippen LogP contribution in [-0.2, 0) is 17.2 Å². The molecule has 0 saturated carbocycles. The van der Waals surface area contributed by atoms with Crippen molar-refractivity contribution in [1.82, 2.24) is 5.43 Å². The van der Waals surface area contributed by atoms with Crippen LogP contribution in [0.2, 0.25) is 0 Å². The minimum absolute atomic E-state index is 0.133. The average Bonchev–Trinajstić information content (AvgIpc) is 2.81. The summed E-state index contributed by atoms with van der Waals surface area (Å²) in [5.74, 6) is 2.32. The van der Waals surface area contributed by atoms with E-state index in [1.807, 2.05) is 55.5 Å². The number of hydrazone groups is 1. The van der Waals surface area contributed by atoms with Crippen molar-refractivity contribution in [3.63, 3.8) is 0 Å². The van der Waals surface area contributed by atoms with E-state index in [1.165, 1.54) is 11.1 Å². The second-order valence-corrected chi connectivity index (χ2v) is 8.17. The van der Waals surface area contributed by atoms with E-state index in [0.717, 1.165) is 16.9 Å². The molecule has 0 aliphatic carbocycles. The van der Waals surface area contributed by atoms with Crippen molar-refractivity contribution in [1.29, 1.82) is 0 Å². The SMILES string of the molecule is CCOc1cc(/C=N/NC(=O)CSCc2ccc(C)cc2)ccc1OCc1ccccc1. The Morgan fingerprint density at radius 1 is 0.969 bits per heavy atom. The van der Waals surface area contributed by atoms with Crippen molar-refractivity contribution in [2.45, 2.75) is 26.2 Å². The van der Waals surface area contributed by atoms with Crippen molar-refractivity contribution in [2.24, 2.45) is 5.10 Å². The molecule has 0 fully saturated rings. The predicted octanol–water partition coefficient (Wildman–Crippen LogP) is 5.36. The minimum atomic E-state index is -0.133. The van der Waals surface area contributed by atoms with Crippen LogP contribution in [0.3, 0.4) is 0 Å². The van der Waals surface area contributed by atoms with Crippen LogP contribution >= 0.6 is 11.8 Å². The van der Waals surface area contributed by atoms with Gasteiger partial charge in [0.1, 0.15) is 6.61 Å². The van der Waals surface area contributed by atoms with Gasteiger partial charge in [-0.2, -0.15) is 5.10 Å². The number of hydrogen-bond acceptors (Lipinski definition) is 5. The third-order valence-electron chi connectivity index (χ3n) is 4.53. The van der Waals surface area contributed by atoms with E-state index >= 15 is 0 Å². The highest BCUT2D eigenvalue weighted by atomic mass is 32.2. The number of carbonyl (C=O) groups excluding carboxylic acids is 1. The molecule has 0 saturated heterocycles. The van der Waals surface area contributed by atoms with Crippen molar-refractivity contribution in [2.75, 3.05) is 12.4 Å². The first-order chi connectivity index (χ1) is 15.6. The van der Waals surface area contributed by atoms with E-state index < -0.39 is 0 Å². The molecular formula is C26H28N2O3S. The zero-order chi connectivity index (χ0) is 22.6. The van der Waals surface area contributed by atoms with E-state index in [0.29, 0.717) is 30.5 Å². The van der Waals surface area contributed by atoms with Crippen LogP contribution in [0.15, 0.2) is 77.9 Å². The molecule has 0 aromatic heterocycles. The molecule has 3 aromatic rings. The fraction of sp³-hybridized carbons (Fsp3) is 0.231. The van der Waals surface area contributed by atoms with Crippen molar-refractivity contribution < 1.29 is 14.3 Å². The van der Waals surface area contributed by atoms with Gasteiger partial charge in [-0.1, -0.05) is 60.2 Å². The topological polar surface area (TPSA) is 59.9 Å². The molecule has 0 heterocycles. The van der Waals surface area contributed by atoms with Crippen LogP contribution in [0, 0.1) is 6.92 Å². The molecule has 32 heavy (non-hydrogen) atoms. The van der Waals surface area contributed by atoms with Gasteiger partial charge in [0.2, 0.25) is 5.91 Å². The van der Waals surface area contributed by atoms with Crippen LogP contribution < -0.4 is 14.9 Å². The summed E-state index contributed by atoms with van der Waals surface area (Å²) in [5.41, 5.74) is 6.91. The first-order valence-corrected chi connectivity index (χ1v) is 11.7. The highest BCUT2D eigenvalue weighted by molar-refractivity contribution is 7.99. The maximum absolute atomic E-state index is 12.0. The molecule has 166 valence electrons. The predicted molar refractivity (Wildman–Crippen MR) is 131 cm³/mol. The molecule has 0 radical (unpaired) electrons. The molecule has 1 N–H and O–H groups in total. The molecule has 1 amide bonds. The number of aryl methyl sites for hydroxylation is 1. The zero-order valence-electron chi connectivity index (χ0n) is 18.4. The number of nitrogens with zero attached hydrogens (tertiary/aromatic N) is 1. The van der Waals surface area contributed by atoms with Crippen molar-refractivity contribution in [3.8, 4) is 11.5 Å². The third-order valence-corrected chi connectivity index (χ3v) is 5.53. The molecule has 3 aromatic carbocycles. The van der Waals surface area contributed by atoms with Gasteiger partial charge in [0, 0.05) is 5.75 Å². The van der Waals surface area contributed by atoms with Gasteiger partial charge in [0.05, 0.1) is 18.6 Å². The molecule has 0 aliphatic heterocycles. The lowest BCUT2D eigenvalue weighted by Crippen LogP contribution is -2.19. The van der Waals surface area contributed by atoms with Gasteiger partial charge in [-0.15, -0.1) is 11.8 Å². The Bertz CT molecular complexity index is 1020. The second kappa shape index (κ2) is 12.6. The number of hydrogen-bond donors (Lipinski definition) is 1. The van der Waals surface area contributed by atoms with Gasteiger partial charge >= 0.3 is 0 Å². The normalized spacial score (nSPS) is 10.8. The molecule has 0 spiro atoms. The van der Waals surface area contributed by atoms with Crippen LogP contribution in [-0.4, -0.2) is 24.5 Å². The lowest BCUT2D eigenvalue weighted by atomic mass is 10.2. The Morgan fingerprint density at radius 2 is 1.75 bits per heavy atom. The molecule has 0 bridgehead atoms. The quantitative estimate of drug-likeness (QED) is 0.317. The molecule has 6 heteroatoms. The van der Waals surface area contributed by atoms with Crippen LogP contribution in [0.4, 0.5) is 0 Å². The molecule has 0 aliphatic rings. The van der Waals surface area contributed by atoms with Gasteiger partial charge in [0.25, 0.3) is 0 Å². The number of benzene rings is 3. The highest BCUT2D eigenvalue weighted by Gasteiger charge is 2.07. The van der Waals surface area contributed by atoms with Gasteiger partial charge in [-0.25, -0.2) is 5.43 Å². The molecule has 5 nitrogen and oxygen atoms in total. The summed E-state index contributed by atoms with van der Waals surface area (Å²) in [5, 5.41) is 4.07. The van der Waals surface area contributed by atoms with Gasteiger partial charge in [0.15, 0.2) is 11.5 Å². The summed E-state index contributed by atoms with van der Waals surface area (Å²) in [4.78, 5) is 12.0. The molecule has 0 unspecified atom stereocenters. The summed E-state index contributed by atoms with van der Waals surface area (Å²) in [6.45, 7) is 4.98. The van der Waals surface area contributed by atoms with Crippen LogP contribution in [0.5, 0.6) is 11.5 Å². The Labute approximate surface area is 193 Å². The average molecular weight is 449 g/mol. The Kier molecular flexibility index (Phi) is 9.20. The van der Waals surface area contributed by atoms with E-state index in [1.54, 1.807) is 18.0 Å². The lowest BCUT2D eigenvalue weighted by Gasteiger charge is -2.12. The van der Waals surface area contributed by atoms with Gasteiger partial charge < -0.3 is 9.47 Å². The molecule has 0 atom stereocenters. The number of rotatable bonds is 11. The largest absolute Gasteiger partial charge is 0.490 e. The summed E-state index contributed by atoms with van der Waals surface area (Å²) < 4.78 is 11.6. The van der Waals surface area contributed by atoms with E-state index in [4.69, 9.17) is 9.47 Å². The third kappa shape index (κ3) is 7.78. The number of nitrogens with one attached hydrogen (secondary N) is 1. The fourth-order valence-corrected chi connectivity index (χ4v) is 3.66. The first kappa shape index (κ1) is 23.4. The monoisotopic (exact) mass is 448 g/mol. The number of thioether (sulfide) groups is 1. The van der Waals surface area contributed by atoms with Crippen molar-refractivity contribution >= 4 is 23.9 Å². The van der Waals surface area contributed by atoms with Crippen LogP contribution in [0.1, 0.15) is 29.2 Å². The number of carbonyl (C=O) groups is 1. The van der Waals surface area contributed by atoms with E-state index in [9.17, 15) is 4.79 Å². The number of amides is 1. The molecule has 3 rings (SSSR count). The summed E-state index contributed by atoms with van der Waals surface area (Å²) >= 11 is 1.56. The highest BCUT2D eigenvalue weighted by Crippen LogP contribution is 2.29. The fourth-order valence-electron chi connectivity index (χ4n) is 2.88. The standard InChI is InChI=1S/C26H28N2O3S/c1-3-30-25-15-23(13-14-24(25)31-17-21-7-5-4-6-8-21)16-27-28-26(29)19-32-18-22-11-9-20(2)10-12-22/h4-16H,3,17-19H2,1-2H3,(H,28,29)/b27-16+. The smallest absolute Gasteiger partial charge is 0.250 e. The Morgan fingerprint density at radius 3 is 2.50 bits per heavy atom. The number of ether oxygens (including phenoxy) is 2. The van der Waals surface area contributed by atoms with E-state index in [2.05, 4.69) is 41.7 Å². The van der Waals surface area contributed by atoms with Gasteiger partial charge in [-0.3, -0.25) is 4.79 Å². The Balaban J connectivity index is 1.49. The summed E-state index contributed by atoms with van der Waals surface area (Å²) in [7, 11) is 0. The van der Waals surface area contributed by atoms with Crippen molar-refractivity contribution in [3.05, 3.63) is 95.1 Å². The first-order valence-electron chi connectivity index (χ1n) is 10.5. The minimum Gasteiger partial charge on any atom is -0.490 e. The van der Waals surface area contributed by atoms with E-state index in [-0.39, 0.29) is 5.91 Å². The summed E-state index contributed by atoms with van der Waals surface area (Å²) in [6, 6.07) is 23.9. The molecular weight excluding hydrogens is 420 g/mol. The maximum atomic E-state index is 12.0. The summed E-state index contributed by atoms with van der Waals surface area (Å²) in [6.07, 6.45) is 1.60. The zero-order valence-corrected chi connectivity index (χ0v) is 19.2. The maximum Gasteiger partial charge on any atom is 0.250 e. The second-order valence-electron chi connectivity index (χ2n) is 7.19. The van der Waals surface area contributed by atoms with Crippen LogP contribution in [0.25, 0.3) is 0 Å². The van der Waals surface area contributed by atoms with Gasteiger partial charge in [-0.05, 0) is 48.7 Å². The lowest BCUT2D eigenvalue weighted by molar-refractivity contribution is -0.118. The Hall–Kier alpha value is -3.25.